The van der Waals surface area contributed by atoms with Crippen molar-refractivity contribution in [2.75, 3.05) is 32.9 Å². The highest BCUT2D eigenvalue weighted by atomic mass is 16.5. The number of hydrogen-bond acceptors (Lipinski definition) is 4. The smallest absolute Gasteiger partial charge is 0.213 e. The van der Waals surface area contributed by atoms with Gasteiger partial charge in [0.05, 0.1) is 6.61 Å². The van der Waals surface area contributed by atoms with E-state index in [1.807, 2.05) is 18.2 Å². The first-order valence-electron chi connectivity index (χ1n) is 9.38. The number of pyridine rings is 1. The summed E-state index contributed by atoms with van der Waals surface area (Å²) in [5, 5.41) is 0. The Labute approximate surface area is 149 Å². The van der Waals surface area contributed by atoms with Gasteiger partial charge in [0.1, 0.15) is 0 Å². The Morgan fingerprint density at radius 1 is 1.16 bits per heavy atom. The molecule has 1 saturated heterocycles. The lowest BCUT2D eigenvalue weighted by atomic mass is 9.98. The van der Waals surface area contributed by atoms with Crippen molar-refractivity contribution >= 4 is 0 Å². The molecule has 134 valence electrons. The molecule has 0 amide bonds. The number of aromatic nitrogens is 2. The first-order valence-corrected chi connectivity index (χ1v) is 9.38. The van der Waals surface area contributed by atoms with Gasteiger partial charge in [0.25, 0.3) is 0 Å². The lowest BCUT2D eigenvalue weighted by Gasteiger charge is -2.37. The Kier molecular flexibility index (Phi) is 5.33. The number of hydrogen-bond donors (Lipinski definition) is 0. The van der Waals surface area contributed by atoms with Crippen LogP contribution in [0, 0.1) is 5.92 Å². The van der Waals surface area contributed by atoms with Gasteiger partial charge in [-0.2, -0.15) is 0 Å². The molecule has 5 heteroatoms. The fourth-order valence-corrected chi connectivity index (χ4v) is 3.99. The van der Waals surface area contributed by atoms with Gasteiger partial charge in [-0.1, -0.05) is 6.07 Å². The summed E-state index contributed by atoms with van der Waals surface area (Å²) in [4.78, 5) is 6.86. The van der Waals surface area contributed by atoms with Crippen molar-refractivity contribution in [2.45, 2.75) is 31.8 Å². The molecular weight excluding hydrogens is 314 g/mol. The third kappa shape index (κ3) is 4.22. The van der Waals surface area contributed by atoms with Gasteiger partial charge in [-0.05, 0) is 37.0 Å². The zero-order valence-electron chi connectivity index (χ0n) is 14.7. The molecule has 2 aliphatic heterocycles. The van der Waals surface area contributed by atoms with Gasteiger partial charge < -0.3 is 14.0 Å². The fourth-order valence-electron chi connectivity index (χ4n) is 3.99. The van der Waals surface area contributed by atoms with E-state index in [1.165, 1.54) is 25.1 Å². The first-order chi connectivity index (χ1) is 12.4. The molecule has 0 spiro atoms. The van der Waals surface area contributed by atoms with Crippen molar-refractivity contribution in [3.05, 3.63) is 48.4 Å². The molecule has 1 unspecified atom stereocenters. The fraction of sp³-hybridized carbons (Fsp3) is 0.550. The van der Waals surface area contributed by atoms with E-state index in [9.17, 15) is 0 Å². The normalized spacial score (nSPS) is 21.8. The third-order valence-electron chi connectivity index (χ3n) is 5.31. The second-order valence-corrected chi connectivity index (χ2v) is 7.12. The minimum absolute atomic E-state index is 0.474. The van der Waals surface area contributed by atoms with Gasteiger partial charge >= 0.3 is 0 Å². The molecule has 25 heavy (non-hydrogen) atoms. The average molecular weight is 341 g/mol. The molecule has 0 radical (unpaired) electrons. The van der Waals surface area contributed by atoms with Gasteiger partial charge in [0, 0.05) is 69.5 Å². The van der Waals surface area contributed by atoms with E-state index in [1.54, 1.807) is 6.20 Å². The van der Waals surface area contributed by atoms with E-state index in [2.05, 4.69) is 32.8 Å². The SMILES string of the molecule is c1ccc(OCCC2CN(CC3CCOCC3)Cc3cccn32)nc1. The van der Waals surface area contributed by atoms with Crippen molar-refractivity contribution in [3.63, 3.8) is 0 Å². The molecule has 2 aromatic heterocycles. The van der Waals surface area contributed by atoms with Crippen LogP contribution in [0.2, 0.25) is 0 Å². The first kappa shape index (κ1) is 16.6. The summed E-state index contributed by atoms with van der Waals surface area (Å²) >= 11 is 0. The number of nitrogens with zero attached hydrogens (tertiary/aromatic N) is 3. The van der Waals surface area contributed by atoms with Crippen LogP contribution in [0.15, 0.2) is 42.7 Å². The van der Waals surface area contributed by atoms with E-state index in [0.717, 1.165) is 38.6 Å². The number of ether oxygens (including phenoxy) is 2. The predicted octanol–water partition coefficient (Wildman–Crippen LogP) is 3.14. The molecule has 0 aliphatic carbocycles. The highest BCUT2D eigenvalue weighted by Gasteiger charge is 2.26. The predicted molar refractivity (Wildman–Crippen MR) is 96.6 cm³/mol. The van der Waals surface area contributed by atoms with Gasteiger partial charge in [-0.15, -0.1) is 0 Å². The van der Waals surface area contributed by atoms with Crippen LogP contribution in [0.25, 0.3) is 0 Å². The topological polar surface area (TPSA) is 39.5 Å². The summed E-state index contributed by atoms with van der Waals surface area (Å²) in [6, 6.07) is 10.7. The lowest BCUT2D eigenvalue weighted by Crippen LogP contribution is -2.41. The average Bonchev–Trinajstić information content (AvgIpc) is 3.12. The molecule has 0 aromatic carbocycles. The largest absolute Gasteiger partial charge is 0.478 e. The Balaban J connectivity index is 1.35. The molecule has 0 saturated carbocycles. The third-order valence-corrected chi connectivity index (χ3v) is 5.31. The summed E-state index contributed by atoms with van der Waals surface area (Å²) in [5.74, 6) is 1.49. The molecule has 1 atom stereocenters. The molecule has 4 rings (SSSR count). The van der Waals surface area contributed by atoms with Crippen LogP contribution in [-0.2, 0) is 11.3 Å². The van der Waals surface area contributed by atoms with Crippen molar-refractivity contribution in [3.8, 4) is 5.88 Å². The van der Waals surface area contributed by atoms with E-state index in [0.29, 0.717) is 18.5 Å². The van der Waals surface area contributed by atoms with Crippen molar-refractivity contribution in [2.24, 2.45) is 5.92 Å². The summed E-state index contributed by atoms with van der Waals surface area (Å²) in [6.07, 6.45) is 7.39. The molecule has 0 bridgehead atoms. The standard InChI is InChI=1S/C20H27N3O2/c1-2-9-21-20(5-1)25-13-8-19-16-22(14-17-6-11-24-12-7-17)15-18-4-3-10-23(18)19/h1-5,9-10,17,19H,6-8,11-16H2. The second-order valence-electron chi connectivity index (χ2n) is 7.12. The monoisotopic (exact) mass is 341 g/mol. The van der Waals surface area contributed by atoms with E-state index >= 15 is 0 Å². The molecule has 4 heterocycles. The molecule has 2 aromatic rings. The maximum Gasteiger partial charge on any atom is 0.213 e. The Morgan fingerprint density at radius 2 is 2.08 bits per heavy atom. The summed E-state index contributed by atoms with van der Waals surface area (Å²) in [6.45, 7) is 5.90. The van der Waals surface area contributed by atoms with Crippen LogP contribution >= 0.6 is 0 Å². The van der Waals surface area contributed by atoms with Crippen LogP contribution in [-0.4, -0.2) is 47.4 Å². The maximum absolute atomic E-state index is 5.83. The molecule has 0 N–H and O–H groups in total. The quantitative estimate of drug-likeness (QED) is 0.809. The summed E-state index contributed by atoms with van der Waals surface area (Å²) in [7, 11) is 0. The van der Waals surface area contributed by atoms with E-state index < -0.39 is 0 Å². The highest BCUT2D eigenvalue weighted by Crippen LogP contribution is 2.27. The zero-order valence-corrected chi connectivity index (χ0v) is 14.7. The molecule has 1 fully saturated rings. The minimum Gasteiger partial charge on any atom is -0.478 e. The maximum atomic E-state index is 5.83. The summed E-state index contributed by atoms with van der Waals surface area (Å²) in [5.41, 5.74) is 1.42. The van der Waals surface area contributed by atoms with Gasteiger partial charge in [-0.25, -0.2) is 4.98 Å². The van der Waals surface area contributed by atoms with Crippen LogP contribution in [0.1, 0.15) is 31.0 Å². The lowest BCUT2D eigenvalue weighted by molar-refractivity contribution is 0.0445. The van der Waals surface area contributed by atoms with Crippen LogP contribution in [0.4, 0.5) is 0 Å². The second kappa shape index (κ2) is 8.02. The Morgan fingerprint density at radius 3 is 2.92 bits per heavy atom. The van der Waals surface area contributed by atoms with Crippen molar-refractivity contribution in [1.29, 1.82) is 0 Å². The molecule has 5 nitrogen and oxygen atoms in total. The minimum atomic E-state index is 0.474. The molecule has 2 aliphatic rings. The number of rotatable bonds is 6. The van der Waals surface area contributed by atoms with Crippen molar-refractivity contribution in [1.82, 2.24) is 14.5 Å². The molecular formula is C20H27N3O2. The van der Waals surface area contributed by atoms with E-state index in [-0.39, 0.29) is 0 Å². The van der Waals surface area contributed by atoms with Crippen LogP contribution < -0.4 is 4.74 Å². The summed E-state index contributed by atoms with van der Waals surface area (Å²) < 4.78 is 13.8. The van der Waals surface area contributed by atoms with Crippen LogP contribution in [0.5, 0.6) is 5.88 Å². The Hall–Kier alpha value is -1.85. The highest BCUT2D eigenvalue weighted by molar-refractivity contribution is 5.12. The Bertz CT molecular complexity index is 652. The van der Waals surface area contributed by atoms with Gasteiger partial charge in [0.15, 0.2) is 0 Å². The van der Waals surface area contributed by atoms with E-state index in [4.69, 9.17) is 9.47 Å². The van der Waals surface area contributed by atoms with Crippen molar-refractivity contribution < 1.29 is 9.47 Å². The zero-order chi connectivity index (χ0) is 16.9. The number of fused-ring (bicyclic) bond motifs is 1. The van der Waals surface area contributed by atoms with Crippen LogP contribution in [0.3, 0.4) is 0 Å². The van der Waals surface area contributed by atoms with Gasteiger partial charge in [0.2, 0.25) is 5.88 Å². The van der Waals surface area contributed by atoms with Gasteiger partial charge in [-0.3, -0.25) is 4.90 Å².